The third-order valence-corrected chi connectivity index (χ3v) is 14.8. The van der Waals surface area contributed by atoms with Crippen LogP contribution in [0.5, 0.6) is 0 Å². The zero-order valence-corrected chi connectivity index (χ0v) is 26.4. The summed E-state index contributed by atoms with van der Waals surface area (Å²) < 4.78 is 7.12. The number of aliphatic hydroxyl groups is 2. The molecule has 5 rings (SSSR count). The molecule has 5 saturated carbocycles. The molecule has 0 radical (unpaired) electrons. The Morgan fingerprint density at radius 1 is 1.00 bits per heavy atom. The van der Waals surface area contributed by atoms with Crippen LogP contribution >= 0.6 is 15.9 Å². The molecule has 5 fully saturated rings. The second-order valence-corrected chi connectivity index (χ2v) is 16.1. The minimum atomic E-state index is -0.975. The Hall–Kier alpha value is -0.920. The minimum Gasteiger partial charge on any atom is -0.481 e. The van der Waals surface area contributed by atoms with Gasteiger partial charge in [-0.25, -0.2) is 0 Å². The van der Waals surface area contributed by atoms with Crippen LogP contribution in [0.25, 0.3) is 0 Å². The van der Waals surface area contributed by atoms with Crippen molar-refractivity contribution in [2.45, 2.75) is 125 Å². The second kappa shape index (κ2) is 9.29. The predicted molar refractivity (Wildman–Crippen MR) is 153 cm³/mol. The van der Waals surface area contributed by atoms with Gasteiger partial charge in [0.15, 0.2) is 0 Å². The summed E-state index contributed by atoms with van der Waals surface area (Å²) in [7, 11) is 0. The summed E-state index contributed by atoms with van der Waals surface area (Å²) >= 11 is 3.66. The smallest absolute Gasteiger partial charge is 0.310 e. The van der Waals surface area contributed by atoms with Crippen LogP contribution in [0.1, 0.15) is 106 Å². The van der Waals surface area contributed by atoms with Crippen molar-refractivity contribution in [3.63, 3.8) is 0 Å². The van der Waals surface area contributed by atoms with Crippen molar-refractivity contribution in [1.82, 2.24) is 0 Å². The lowest BCUT2D eigenvalue weighted by Gasteiger charge is -2.69. The highest BCUT2D eigenvalue weighted by atomic mass is 79.9. The van der Waals surface area contributed by atoms with Crippen molar-refractivity contribution in [2.24, 2.45) is 50.7 Å². The van der Waals surface area contributed by atoms with Gasteiger partial charge in [0, 0.05) is 12.3 Å². The van der Waals surface area contributed by atoms with Gasteiger partial charge in [0.1, 0.15) is 6.10 Å². The Morgan fingerprint density at radius 2 is 1.67 bits per heavy atom. The summed E-state index contributed by atoms with van der Waals surface area (Å²) in [6.45, 7) is 14.7. The lowest BCUT2D eigenvalue weighted by molar-refractivity contribution is -0.241. The number of esters is 1. The van der Waals surface area contributed by atoms with Crippen molar-refractivity contribution in [2.75, 3.05) is 0 Å². The van der Waals surface area contributed by atoms with Gasteiger partial charge >= 0.3 is 11.9 Å². The molecule has 0 bridgehead atoms. The Bertz CT molecular complexity index is 1080. The fourth-order valence-electron chi connectivity index (χ4n) is 11.5. The molecular weight excluding hydrogens is 560 g/mol. The fourth-order valence-corrected chi connectivity index (χ4v) is 11.7. The van der Waals surface area contributed by atoms with Gasteiger partial charge < -0.3 is 20.1 Å². The average Bonchev–Trinajstić information content (AvgIpc) is 3.46. The topological polar surface area (TPSA) is 104 Å². The summed E-state index contributed by atoms with van der Waals surface area (Å²) in [6, 6.07) is 0. The molecule has 0 aliphatic heterocycles. The Kier molecular flexibility index (Phi) is 7.04. The SMILES string of the molecule is CC(=O)O[C@H]1C[C@@]2(C)[C@@H](C[C@@H](O)C3[C@]2(C)CC[C@H]2[C@H](C)[C@H](O)CC[C@]32C)C12CC2(CCC(Br)=C(C)C)C(=O)O. The summed E-state index contributed by atoms with van der Waals surface area (Å²) in [5.41, 5.74) is -1.09. The summed E-state index contributed by atoms with van der Waals surface area (Å²) in [5, 5.41) is 33.6. The number of aliphatic hydroxyl groups excluding tert-OH is 2. The number of fused-ring (bicyclic) bond motifs is 6. The highest BCUT2D eigenvalue weighted by Crippen LogP contribution is 2.85. The number of carbonyl (C=O) groups is 2. The van der Waals surface area contributed by atoms with E-state index in [1.807, 2.05) is 13.8 Å². The van der Waals surface area contributed by atoms with Crippen LogP contribution in [0, 0.1) is 50.7 Å². The predicted octanol–water partition coefficient (Wildman–Crippen LogP) is 6.47. The van der Waals surface area contributed by atoms with Crippen LogP contribution < -0.4 is 0 Å². The molecule has 220 valence electrons. The number of carboxylic acid groups (broad SMARTS) is 1. The van der Waals surface area contributed by atoms with E-state index in [1.54, 1.807) is 0 Å². The van der Waals surface area contributed by atoms with Gasteiger partial charge in [-0.3, -0.25) is 9.59 Å². The first kappa shape index (κ1) is 29.6. The van der Waals surface area contributed by atoms with Crippen LogP contribution in [0.15, 0.2) is 10.1 Å². The minimum absolute atomic E-state index is 0.0427. The number of allylic oxidation sites excluding steroid dienone is 2. The maximum Gasteiger partial charge on any atom is 0.310 e. The van der Waals surface area contributed by atoms with E-state index in [-0.39, 0.29) is 46.1 Å². The van der Waals surface area contributed by atoms with Crippen molar-refractivity contribution >= 4 is 27.9 Å². The third-order valence-electron chi connectivity index (χ3n) is 13.6. The highest BCUT2D eigenvalue weighted by Gasteiger charge is 2.86. The second-order valence-electron chi connectivity index (χ2n) is 15.1. The van der Waals surface area contributed by atoms with Crippen LogP contribution in [0.2, 0.25) is 0 Å². The normalized spacial score (nSPS) is 51.9. The van der Waals surface area contributed by atoms with Gasteiger partial charge in [-0.15, -0.1) is 0 Å². The van der Waals surface area contributed by atoms with E-state index in [9.17, 15) is 24.9 Å². The number of ether oxygens (including phenoxy) is 1. The lowest BCUT2D eigenvalue weighted by atomic mass is 9.36. The molecule has 5 aliphatic carbocycles. The molecule has 12 atom stereocenters. The van der Waals surface area contributed by atoms with Crippen LogP contribution in [-0.2, 0) is 14.3 Å². The Balaban J connectivity index is 1.59. The molecule has 3 N–H and O–H groups in total. The monoisotopic (exact) mass is 608 g/mol. The van der Waals surface area contributed by atoms with E-state index < -0.39 is 29.0 Å². The van der Waals surface area contributed by atoms with Gasteiger partial charge in [-0.1, -0.05) is 49.2 Å². The van der Waals surface area contributed by atoms with Crippen molar-refractivity contribution in [1.29, 1.82) is 0 Å². The molecule has 0 aromatic heterocycles. The lowest BCUT2D eigenvalue weighted by Crippen LogP contribution is -2.66. The van der Waals surface area contributed by atoms with Gasteiger partial charge in [0.2, 0.25) is 0 Å². The summed E-state index contributed by atoms with van der Waals surface area (Å²) in [6.07, 6.45) is 5.10. The van der Waals surface area contributed by atoms with Crippen molar-refractivity contribution in [3.8, 4) is 0 Å². The van der Waals surface area contributed by atoms with Gasteiger partial charge in [0.05, 0.1) is 17.6 Å². The van der Waals surface area contributed by atoms with E-state index >= 15 is 0 Å². The Labute approximate surface area is 242 Å². The summed E-state index contributed by atoms with van der Waals surface area (Å²) in [5.74, 6) is -0.581. The third kappa shape index (κ3) is 3.77. The number of hydrogen-bond acceptors (Lipinski definition) is 5. The van der Waals surface area contributed by atoms with Gasteiger partial charge in [-0.2, -0.15) is 0 Å². The van der Waals surface area contributed by atoms with Gasteiger partial charge in [-0.05, 0) is 116 Å². The molecule has 0 amide bonds. The zero-order valence-electron chi connectivity index (χ0n) is 24.8. The maximum absolute atomic E-state index is 13.1. The van der Waals surface area contributed by atoms with Crippen molar-refractivity contribution < 1.29 is 29.6 Å². The van der Waals surface area contributed by atoms with Crippen LogP contribution in [0.4, 0.5) is 0 Å². The van der Waals surface area contributed by atoms with Gasteiger partial charge in [0.25, 0.3) is 0 Å². The molecule has 0 aromatic rings. The first-order valence-electron chi connectivity index (χ1n) is 15.1. The number of aliphatic carboxylic acids is 1. The van der Waals surface area contributed by atoms with E-state index in [2.05, 4.69) is 43.6 Å². The number of hydrogen-bond donors (Lipinski definition) is 3. The quantitative estimate of drug-likeness (QED) is 0.309. The average molecular weight is 610 g/mol. The van der Waals surface area contributed by atoms with Crippen LogP contribution in [-0.4, -0.2) is 45.6 Å². The standard InChI is InChI=1S/C32H49BrO6/c1-17(2)21(33)9-13-31(27(37)38)16-32(31)24-14-23(36)26-28(5)11-10-22(35)18(3)20(28)8-12-29(26,6)30(24,7)15-25(32)39-19(4)34/h18,20,22-26,35-36H,8-16H2,1-7H3,(H,37,38)/t18-,20-,22+,23+,24+,25-,26?,28-,29-,30-,31?,32?/m0/s1. The van der Waals surface area contributed by atoms with Crippen molar-refractivity contribution in [3.05, 3.63) is 10.1 Å². The molecule has 39 heavy (non-hydrogen) atoms. The number of carboxylic acids is 1. The van der Waals surface area contributed by atoms with E-state index in [0.717, 1.165) is 35.7 Å². The van der Waals surface area contributed by atoms with E-state index in [0.29, 0.717) is 38.0 Å². The first-order chi connectivity index (χ1) is 18.0. The molecule has 1 spiro atoms. The molecule has 7 heteroatoms. The molecule has 0 heterocycles. The molecule has 3 unspecified atom stereocenters. The molecule has 5 aliphatic rings. The van der Waals surface area contributed by atoms with E-state index in [1.165, 1.54) is 6.92 Å². The molecule has 6 nitrogen and oxygen atoms in total. The first-order valence-corrected chi connectivity index (χ1v) is 15.9. The summed E-state index contributed by atoms with van der Waals surface area (Å²) in [4.78, 5) is 25.6. The zero-order chi connectivity index (χ0) is 28.9. The number of rotatable bonds is 5. The van der Waals surface area contributed by atoms with Crippen LogP contribution in [0.3, 0.4) is 0 Å². The highest BCUT2D eigenvalue weighted by molar-refractivity contribution is 9.11. The molecule has 0 saturated heterocycles. The fraction of sp³-hybridized carbons (Fsp3) is 0.875. The number of carbonyl (C=O) groups excluding carboxylic acids is 1. The number of halogens is 1. The Morgan fingerprint density at radius 3 is 2.26 bits per heavy atom. The molecule has 0 aromatic carbocycles. The van der Waals surface area contributed by atoms with E-state index in [4.69, 9.17) is 4.74 Å². The maximum atomic E-state index is 13.1. The molecular formula is C32H49BrO6. The largest absolute Gasteiger partial charge is 0.481 e.